The van der Waals surface area contributed by atoms with Crippen molar-refractivity contribution >= 4 is 40.3 Å². The van der Waals surface area contributed by atoms with Crippen LogP contribution in [0.4, 0.5) is 5.95 Å². The first kappa shape index (κ1) is 12.2. The Kier molecular flexibility index (Phi) is 3.00. The number of imidazole rings is 1. The van der Waals surface area contributed by atoms with Gasteiger partial charge in [-0.1, -0.05) is 6.07 Å². The zero-order valence-electron chi connectivity index (χ0n) is 9.88. The van der Waals surface area contributed by atoms with Crippen LogP contribution in [0, 0.1) is 6.92 Å². The van der Waals surface area contributed by atoms with E-state index in [1.165, 1.54) is 17.3 Å². The average Bonchev–Trinajstić information content (AvgIpc) is 2.68. The number of rotatable bonds is 2. The predicted octanol–water partition coefficient (Wildman–Crippen LogP) is 2.44. The van der Waals surface area contributed by atoms with Crippen molar-refractivity contribution in [3.05, 3.63) is 29.0 Å². The summed E-state index contributed by atoms with van der Waals surface area (Å²) in [5.41, 5.74) is 8.54. The number of hydrogen-bond donors (Lipinski definition) is 2. The van der Waals surface area contributed by atoms with Gasteiger partial charge in [-0.3, -0.25) is 0 Å². The van der Waals surface area contributed by atoms with Crippen LogP contribution in [0.3, 0.4) is 0 Å². The van der Waals surface area contributed by atoms with Crippen LogP contribution in [0.15, 0.2) is 28.5 Å². The van der Waals surface area contributed by atoms with Gasteiger partial charge in [-0.2, -0.15) is 15.0 Å². The van der Waals surface area contributed by atoms with Gasteiger partial charge in [-0.05, 0) is 48.0 Å². The Labute approximate surface area is 117 Å². The van der Waals surface area contributed by atoms with Crippen molar-refractivity contribution in [2.45, 2.75) is 17.2 Å². The van der Waals surface area contributed by atoms with Crippen molar-refractivity contribution in [2.24, 2.45) is 0 Å². The van der Waals surface area contributed by atoms with Crippen molar-refractivity contribution in [3.8, 4) is 0 Å². The van der Waals surface area contributed by atoms with Crippen molar-refractivity contribution < 1.29 is 0 Å². The van der Waals surface area contributed by atoms with E-state index >= 15 is 0 Å². The fourth-order valence-electron chi connectivity index (χ4n) is 1.63. The van der Waals surface area contributed by atoms with Gasteiger partial charge >= 0.3 is 0 Å². The summed E-state index contributed by atoms with van der Waals surface area (Å²) in [5.74, 6) is 0.0921. The fraction of sp³-hybridized carbons (Fsp3) is 0.0909. The zero-order chi connectivity index (χ0) is 13.4. The number of anilines is 1. The molecule has 0 fully saturated rings. The van der Waals surface area contributed by atoms with Crippen LogP contribution >= 0.6 is 23.4 Å². The van der Waals surface area contributed by atoms with Gasteiger partial charge in [0.15, 0.2) is 5.16 Å². The van der Waals surface area contributed by atoms with Crippen LogP contribution in [0.5, 0.6) is 0 Å². The number of hydrogen-bond acceptors (Lipinski definition) is 6. The summed E-state index contributed by atoms with van der Waals surface area (Å²) in [6.45, 7) is 2.03. The van der Waals surface area contributed by atoms with Gasteiger partial charge in [0.1, 0.15) is 0 Å². The predicted molar refractivity (Wildman–Crippen MR) is 74.2 cm³/mol. The maximum absolute atomic E-state index is 5.73. The van der Waals surface area contributed by atoms with Crippen molar-refractivity contribution in [1.29, 1.82) is 0 Å². The molecule has 0 atom stereocenters. The summed E-state index contributed by atoms with van der Waals surface area (Å²) in [6, 6.07) is 6.00. The molecule has 3 rings (SSSR count). The monoisotopic (exact) mass is 292 g/mol. The van der Waals surface area contributed by atoms with Crippen molar-refractivity contribution in [1.82, 2.24) is 24.9 Å². The topological polar surface area (TPSA) is 93.4 Å². The highest BCUT2D eigenvalue weighted by Crippen LogP contribution is 2.25. The van der Waals surface area contributed by atoms with E-state index in [-0.39, 0.29) is 11.2 Å². The molecule has 19 heavy (non-hydrogen) atoms. The number of H-pyrrole nitrogens is 1. The number of nitrogens with one attached hydrogen (secondary N) is 1. The number of nitrogens with zero attached hydrogens (tertiary/aromatic N) is 4. The van der Waals surface area contributed by atoms with Gasteiger partial charge in [0.2, 0.25) is 16.4 Å². The van der Waals surface area contributed by atoms with Gasteiger partial charge in [0, 0.05) is 0 Å². The van der Waals surface area contributed by atoms with Crippen molar-refractivity contribution in [2.75, 3.05) is 5.73 Å². The Morgan fingerprint density at radius 2 is 2.05 bits per heavy atom. The highest BCUT2D eigenvalue weighted by Gasteiger charge is 2.09. The summed E-state index contributed by atoms with van der Waals surface area (Å²) in [4.78, 5) is 19.3. The molecule has 2 aromatic heterocycles. The van der Waals surface area contributed by atoms with Crippen molar-refractivity contribution in [3.63, 3.8) is 0 Å². The van der Waals surface area contributed by atoms with Crippen LogP contribution in [0.1, 0.15) is 5.56 Å². The normalized spacial score (nSPS) is 11.1. The Morgan fingerprint density at radius 1 is 1.21 bits per heavy atom. The molecule has 0 radical (unpaired) electrons. The smallest absolute Gasteiger partial charge is 0.228 e. The highest BCUT2D eigenvalue weighted by molar-refractivity contribution is 7.99. The first-order chi connectivity index (χ1) is 9.10. The third-order valence-electron chi connectivity index (χ3n) is 2.41. The number of aromatic amines is 1. The Balaban J connectivity index is 1.96. The van der Waals surface area contributed by atoms with Crippen LogP contribution in [-0.2, 0) is 0 Å². The molecule has 0 bridgehead atoms. The number of halogens is 1. The van der Waals surface area contributed by atoms with Gasteiger partial charge in [-0.25, -0.2) is 4.98 Å². The Bertz CT molecular complexity index is 736. The number of nitrogen functional groups attached to an aromatic ring is 1. The molecule has 3 aromatic rings. The fourth-order valence-corrected chi connectivity index (χ4v) is 2.59. The molecule has 0 unspecified atom stereocenters. The lowest BCUT2D eigenvalue weighted by Crippen LogP contribution is -1.99. The van der Waals surface area contributed by atoms with Crippen LogP contribution in [-0.4, -0.2) is 24.9 Å². The van der Waals surface area contributed by atoms with Gasteiger partial charge < -0.3 is 10.7 Å². The average molecular weight is 293 g/mol. The van der Waals surface area contributed by atoms with Gasteiger partial charge in [-0.15, -0.1) is 0 Å². The van der Waals surface area contributed by atoms with Crippen LogP contribution in [0.25, 0.3) is 11.0 Å². The molecule has 0 spiro atoms. The standard InChI is InChI=1S/C11H9ClN6S/c1-5-2-3-6-7(4-5)15-10(14-6)19-11-17-8(12)16-9(13)18-11/h2-4H,1H3,(H,14,15)(H2,13,16,17,18). The molecule has 96 valence electrons. The summed E-state index contributed by atoms with van der Waals surface area (Å²) in [7, 11) is 0. The van der Waals surface area contributed by atoms with Crippen LogP contribution in [0.2, 0.25) is 5.28 Å². The molecule has 0 aliphatic rings. The molecule has 0 amide bonds. The minimum absolute atomic E-state index is 0.0713. The number of nitrogens with two attached hydrogens (primary N) is 1. The van der Waals surface area contributed by atoms with E-state index in [2.05, 4.69) is 24.9 Å². The quantitative estimate of drug-likeness (QED) is 0.753. The van der Waals surface area contributed by atoms with Crippen LogP contribution < -0.4 is 5.73 Å². The maximum atomic E-state index is 5.73. The number of aryl methyl sites for hydroxylation is 1. The largest absolute Gasteiger partial charge is 0.368 e. The lowest BCUT2D eigenvalue weighted by molar-refractivity contribution is 0.909. The van der Waals surface area contributed by atoms with E-state index in [9.17, 15) is 0 Å². The molecular weight excluding hydrogens is 284 g/mol. The summed E-state index contributed by atoms with van der Waals surface area (Å²) in [5, 5.41) is 1.16. The molecule has 0 saturated heterocycles. The third kappa shape index (κ3) is 2.61. The van der Waals surface area contributed by atoms with E-state index in [0.717, 1.165) is 11.0 Å². The molecule has 3 N–H and O–H groups in total. The molecule has 6 nitrogen and oxygen atoms in total. The minimum Gasteiger partial charge on any atom is -0.368 e. The Hall–Kier alpha value is -1.86. The third-order valence-corrected chi connectivity index (χ3v) is 3.33. The first-order valence-corrected chi connectivity index (χ1v) is 6.61. The SMILES string of the molecule is Cc1ccc2nc(Sc3nc(N)nc(Cl)n3)[nH]c2c1. The second-order valence-corrected chi connectivity index (χ2v) is 5.20. The second-order valence-electron chi connectivity index (χ2n) is 3.91. The van der Waals surface area contributed by atoms with E-state index in [1.807, 2.05) is 25.1 Å². The molecule has 0 aliphatic carbocycles. The summed E-state index contributed by atoms with van der Waals surface area (Å²) >= 11 is 6.98. The lowest BCUT2D eigenvalue weighted by atomic mass is 10.2. The number of fused-ring (bicyclic) bond motifs is 1. The molecular formula is C11H9ClN6S. The van der Waals surface area contributed by atoms with E-state index in [0.29, 0.717) is 10.3 Å². The molecule has 2 heterocycles. The number of benzene rings is 1. The minimum atomic E-state index is 0.0713. The summed E-state index contributed by atoms with van der Waals surface area (Å²) < 4.78 is 0. The molecule has 0 saturated carbocycles. The Morgan fingerprint density at radius 3 is 2.84 bits per heavy atom. The molecule has 1 aromatic carbocycles. The lowest BCUT2D eigenvalue weighted by Gasteiger charge is -1.97. The molecule has 0 aliphatic heterocycles. The first-order valence-electron chi connectivity index (χ1n) is 5.41. The van der Waals surface area contributed by atoms with E-state index < -0.39 is 0 Å². The second kappa shape index (κ2) is 4.67. The maximum Gasteiger partial charge on any atom is 0.228 e. The summed E-state index contributed by atoms with van der Waals surface area (Å²) in [6.07, 6.45) is 0. The zero-order valence-corrected chi connectivity index (χ0v) is 11.5. The van der Waals surface area contributed by atoms with Gasteiger partial charge in [0.25, 0.3) is 0 Å². The molecule has 8 heteroatoms. The number of aromatic nitrogens is 5. The highest BCUT2D eigenvalue weighted by atomic mass is 35.5. The van der Waals surface area contributed by atoms with Gasteiger partial charge in [0.05, 0.1) is 11.0 Å². The van der Waals surface area contributed by atoms with E-state index in [1.54, 1.807) is 0 Å². The van der Waals surface area contributed by atoms with E-state index in [4.69, 9.17) is 17.3 Å².